The maximum absolute atomic E-state index is 9.52. The van der Waals surface area contributed by atoms with Gasteiger partial charge in [0.2, 0.25) is 0 Å². The molecule has 0 aliphatic carbocycles. The number of aliphatic hydroxyl groups is 1. The van der Waals surface area contributed by atoms with Crippen molar-refractivity contribution in [2.45, 2.75) is 31.7 Å². The van der Waals surface area contributed by atoms with E-state index in [0.717, 1.165) is 12.8 Å². The molecule has 1 heterocycles. The van der Waals surface area contributed by atoms with Gasteiger partial charge in [-0.05, 0) is 18.4 Å². The van der Waals surface area contributed by atoms with E-state index in [2.05, 4.69) is 0 Å². The maximum Gasteiger partial charge on any atom is 0.0856 e. The lowest BCUT2D eigenvalue weighted by Gasteiger charge is -2.13. The first-order chi connectivity index (χ1) is 7.86. The Balaban J connectivity index is 1.62. The topological polar surface area (TPSA) is 38.7 Å². The molecule has 0 spiro atoms. The highest BCUT2D eigenvalue weighted by Crippen LogP contribution is 2.16. The molecule has 1 aliphatic heterocycles. The number of hydrogen-bond donors (Lipinski definition) is 1. The summed E-state index contributed by atoms with van der Waals surface area (Å²) < 4.78 is 10.9. The van der Waals surface area contributed by atoms with E-state index in [-0.39, 0.29) is 12.2 Å². The van der Waals surface area contributed by atoms with Gasteiger partial charge in [-0.1, -0.05) is 30.3 Å². The summed E-state index contributed by atoms with van der Waals surface area (Å²) in [6.45, 7) is 1.94. The minimum atomic E-state index is -0.305. The van der Waals surface area contributed by atoms with Gasteiger partial charge in [-0.25, -0.2) is 0 Å². The Kier molecular flexibility index (Phi) is 4.34. The summed E-state index contributed by atoms with van der Waals surface area (Å²) in [5.74, 6) is 0. The highest BCUT2D eigenvalue weighted by Gasteiger charge is 2.25. The normalized spacial score (nSPS) is 24.8. The summed E-state index contributed by atoms with van der Waals surface area (Å²) >= 11 is 0. The molecule has 3 heteroatoms. The first-order valence-corrected chi connectivity index (χ1v) is 5.77. The minimum Gasteiger partial charge on any atom is -0.390 e. The van der Waals surface area contributed by atoms with Crippen LogP contribution in [-0.4, -0.2) is 30.5 Å². The SMILES string of the molecule is O[C@H]1CCO[C@@H]1CCOCc1ccccc1. The summed E-state index contributed by atoms with van der Waals surface area (Å²) in [6, 6.07) is 10.1. The predicted octanol–water partition coefficient (Wildman–Crippen LogP) is 1.74. The van der Waals surface area contributed by atoms with Crippen molar-refractivity contribution in [3.63, 3.8) is 0 Å². The third kappa shape index (κ3) is 3.30. The second kappa shape index (κ2) is 5.99. The maximum atomic E-state index is 9.52. The molecule has 1 aliphatic rings. The fourth-order valence-electron chi connectivity index (χ4n) is 1.88. The first kappa shape index (κ1) is 11.6. The van der Waals surface area contributed by atoms with Crippen molar-refractivity contribution in [3.8, 4) is 0 Å². The molecule has 1 saturated heterocycles. The Labute approximate surface area is 96.0 Å². The number of benzene rings is 1. The van der Waals surface area contributed by atoms with Crippen LogP contribution in [0, 0.1) is 0 Å². The number of rotatable bonds is 5. The molecular weight excluding hydrogens is 204 g/mol. The largest absolute Gasteiger partial charge is 0.390 e. The van der Waals surface area contributed by atoms with Gasteiger partial charge >= 0.3 is 0 Å². The van der Waals surface area contributed by atoms with Crippen LogP contribution in [0.2, 0.25) is 0 Å². The van der Waals surface area contributed by atoms with Crippen molar-refractivity contribution >= 4 is 0 Å². The van der Waals surface area contributed by atoms with Crippen LogP contribution in [-0.2, 0) is 16.1 Å². The van der Waals surface area contributed by atoms with Gasteiger partial charge in [0.05, 0.1) is 18.8 Å². The zero-order chi connectivity index (χ0) is 11.2. The van der Waals surface area contributed by atoms with Crippen LogP contribution in [0.4, 0.5) is 0 Å². The van der Waals surface area contributed by atoms with E-state index >= 15 is 0 Å². The molecule has 2 rings (SSSR count). The molecule has 1 N–H and O–H groups in total. The van der Waals surface area contributed by atoms with E-state index in [1.807, 2.05) is 30.3 Å². The Morgan fingerprint density at radius 2 is 2.12 bits per heavy atom. The van der Waals surface area contributed by atoms with Gasteiger partial charge < -0.3 is 14.6 Å². The number of ether oxygens (including phenoxy) is 2. The molecule has 0 bridgehead atoms. The summed E-state index contributed by atoms with van der Waals surface area (Å²) in [6.07, 6.45) is 1.19. The monoisotopic (exact) mass is 222 g/mol. The quantitative estimate of drug-likeness (QED) is 0.771. The van der Waals surface area contributed by atoms with Gasteiger partial charge in [0.1, 0.15) is 0 Å². The van der Waals surface area contributed by atoms with E-state index in [4.69, 9.17) is 9.47 Å². The van der Waals surface area contributed by atoms with Gasteiger partial charge in [0.25, 0.3) is 0 Å². The Morgan fingerprint density at radius 3 is 2.81 bits per heavy atom. The summed E-state index contributed by atoms with van der Waals surface area (Å²) in [5, 5.41) is 9.52. The summed E-state index contributed by atoms with van der Waals surface area (Å²) in [4.78, 5) is 0. The van der Waals surface area contributed by atoms with Crippen LogP contribution in [0.1, 0.15) is 18.4 Å². The lowest BCUT2D eigenvalue weighted by Crippen LogP contribution is -2.22. The van der Waals surface area contributed by atoms with E-state index < -0.39 is 0 Å². The van der Waals surface area contributed by atoms with Gasteiger partial charge in [0, 0.05) is 13.2 Å². The van der Waals surface area contributed by atoms with Crippen molar-refractivity contribution < 1.29 is 14.6 Å². The van der Waals surface area contributed by atoms with Crippen LogP contribution < -0.4 is 0 Å². The molecule has 0 radical (unpaired) electrons. The van der Waals surface area contributed by atoms with Crippen LogP contribution >= 0.6 is 0 Å². The van der Waals surface area contributed by atoms with Crippen LogP contribution in [0.25, 0.3) is 0 Å². The van der Waals surface area contributed by atoms with Crippen molar-refractivity contribution in [1.29, 1.82) is 0 Å². The molecule has 2 atom stereocenters. The summed E-state index contributed by atoms with van der Waals surface area (Å²) in [7, 11) is 0. The zero-order valence-corrected chi connectivity index (χ0v) is 9.34. The number of aliphatic hydroxyl groups excluding tert-OH is 1. The van der Waals surface area contributed by atoms with E-state index in [1.165, 1.54) is 5.56 Å². The molecule has 0 unspecified atom stereocenters. The molecule has 1 aromatic carbocycles. The van der Waals surface area contributed by atoms with Gasteiger partial charge in [-0.15, -0.1) is 0 Å². The Bertz CT molecular complexity index is 299. The Hall–Kier alpha value is -0.900. The van der Waals surface area contributed by atoms with E-state index in [1.54, 1.807) is 0 Å². The highest BCUT2D eigenvalue weighted by molar-refractivity contribution is 5.13. The lowest BCUT2D eigenvalue weighted by atomic mass is 10.1. The van der Waals surface area contributed by atoms with Crippen LogP contribution in [0.3, 0.4) is 0 Å². The first-order valence-electron chi connectivity index (χ1n) is 5.77. The van der Waals surface area contributed by atoms with Gasteiger partial charge in [-0.2, -0.15) is 0 Å². The predicted molar refractivity (Wildman–Crippen MR) is 61.1 cm³/mol. The van der Waals surface area contributed by atoms with Crippen molar-refractivity contribution in [3.05, 3.63) is 35.9 Å². The molecule has 0 amide bonds. The molecule has 0 saturated carbocycles. The average molecular weight is 222 g/mol. The van der Waals surface area contributed by atoms with Crippen LogP contribution in [0.5, 0.6) is 0 Å². The third-order valence-electron chi connectivity index (χ3n) is 2.83. The van der Waals surface area contributed by atoms with Gasteiger partial charge in [0.15, 0.2) is 0 Å². The van der Waals surface area contributed by atoms with Crippen molar-refractivity contribution in [2.75, 3.05) is 13.2 Å². The smallest absolute Gasteiger partial charge is 0.0856 e. The number of hydrogen-bond acceptors (Lipinski definition) is 3. The minimum absolute atomic E-state index is 0.0317. The molecule has 1 fully saturated rings. The van der Waals surface area contributed by atoms with E-state index in [9.17, 15) is 5.11 Å². The van der Waals surface area contributed by atoms with E-state index in [0.29, 0.717) is 19.8 Å². The molecule has 88 valence electrons. The van der Waals surface area contributed by atoms with Crippen molar-refractivity contribution in [2.24, 2.45) is 0 Å². The summed E-state index contributed by atoms with van der Waals surface area (Å²) in [5.41, 5.74) is 1.18. The van der Waals surface area contributed by atoms with Crippen molar-refractivity contribution in [1.82, 2.24) is 0 Å². The lowest BCUT2D eigenvalue weighted by molar-refractivity contribution is 0.00979. The second-order valence-electron chi connectivity index (χ2n) is 4.09. The third-order valence-corrected chi connectivity index (χ3v) is 2.83. The van der Waals surface area contributed by atoms with Gasteiger partial charge in [-0.3, -0.25) is 0 Å². The zero-order valence-electron chi connectivity index (χ0n) is 9.34. The molecule has 16 heavy (non-hydrogen) atoms. The molecule has 1 aromatic rings. The fourth-order valence-corrected chi connectivity index (χ4v) is 1.88. The standard InChI is InChI=1S/C13H18O3/c14-12-6-9-16-13(12)7-8-15-10-11-4-2-1-3-5-11/h1-5,12-14H,6-10H2/t12-,13+/m0/s1. The molecule has 0 aromatic heterocycles. The molecular formula is C13H18O3. The second-order valence-corrected chi connectivity index (χ2v) is 4.09. The fraction of sp³-hybridized carbons (Fsp3) is 0.538. The highest BCUT2D eigenvalue weighted by atomic mass is 16.5. The average Bonchev–Trinajstić information content (AvgIpc) is 2.72. The van der Waals surface area contributed by atoms with Crippen LogP contribution in [0.15, 0.2) is 30.3 Å². The Morgan fingerprint density at radius 1 is 1.31 bits per heavy atom. The molecule has 3 nitrogen and oxygen atoms in total.